The lowest BCUT2D eigenvalue weighted by Gasteiger charge is -2.30. The molecule has 0 saturated carbocycles. The van der Waals surface area contributed by atoms with Gasteiger partial charge in [-0.1, -0.05) is 24.3 Å². The molecule has 3 rings (SSSR count). The Morgan fingerprint density at radius 2 is 2.00 bits per heavy atom. The quantitative estimate of drug-likeness (QED) is 0.437. The van der Waals surface area contributed by atoms with Gasteiger partial charge in [-0.2, -0.15) is 0 Å². The smallest absolute Gasteiger partial charge is 0.266 e. The maximum atomic E-state index is 13.0. The average Bonchev–Trinajstić information content (AvgIpc) is 2.68. The highest BCUT2D eigenvalue weighted by atomic mass is 16.5. The van der Waals surface area contributed by atoms with E-state index in [-0.39, 0.29) is 11.8 Å². The van der Waals surface area contributed by atoms with Gasteiger partial charge in [0.25, 0.3) is 5.91 Å². The number of rotatable bonds is 7. The van der Waals surface area contributed by atoms with Gasteiger partial charge in [0, 0.05) is 37.7 Å². The summed E-state index contributed by atoms with van der Waals surface area (Å²) in [6.07, 6.45) is 3.98. The summed E-state index contributed by atoms with van der Waals surface area (Å²) in [4.78, 5) is 35.5. The number of nitrogens with zero attached hydrogens (tertiary/aromatic N) is 3. The molecule has 0 bridgehead atoms. The van der Waals surface area contributed by atoms with E-state index in [1.165, 1.54) is 0 Å². The van der Waals surface area contributed by atoms with E-state index < -0.39 is 5.92 Å². The van der Waals surface area contributed by atoms with Gasteiger partial charge in [0.05, 0.1) is 5.92 Å². The summed E-state index contributed by atoms with van der Waals surface area (Å²) < 4.78 is 5.29. The molecule has 1 aromatic carbocycles. The van der Waals surface area contributed by atoms with E-state index in [9.17, 15) is 9.59 Å². The van der Waals surface area contributed by atoms with Crippen molar-refractivity contribution >= 4 is 23.8 Å². The summed E-state index contributed by atoms with van der Waals surface area (Å²) in [6.45, 7) is 3.84. The molecule has 0 aliphatic carbocycles. The molecule has 1 unspecified atom stereocenters. The Bertz CT molecular complexity index is 805. The number of carbonyl (C=O) groups excluding carboxylic acids is 2. The molecule has 1 aliphatic heterocycles. The number of aromatic nitrogens is 1. The van der Waals surface area contributed by atoms with Crippen molar-refractivity contribution in [2.75, 3.05) is 24.7 Å². The summed E-state index contributed by atoms with van der Waals surface area (Å²) >= 11 is 0. The topological polar surface area (TPSA) is 71.9 Å². The van der Waals surface area contributed by atoms with Crippen molar-refractivity contribution in [1.29, 1.82) is 0 Å². The zero-order valence-electron chi connectivity index (χ0n) is 14.7. The molecule has 0 saturated heterocycles. The molecule has 6 heteroatoms. The van der Waals surface area contributed by atoms with Crippen LogP contribution in [0.2, 0.25) is 0 Å². The van der Waals surface area contributed by atoms with Gasteiger partial charge in [0.2, 0.25) is 5.91 Å². The van der Waals surface area contributed by atoms with Gasteiger partial charge in [-0.25, -0.2) is 9.88 Å². The van der Waals surface area contributed by atoms with Crippen LogP contribution < -0.4 is 4.90 Å². The first-order valence-electron chi connectivity index (χ1n) is 8.70. The molecule has 2 aromatic rings. The van der Waals surface area contributed by atoms with Gasteiger partial charge < -0.3 is 4.74 Å². The molecule has 2 heterocycles. The maximum Gasteiger partial charge on any atom is 0.266 e. The van der Waals surface area contributed by atoms with Crippen molar-refractivity contribution in [3.8, 4) is 0 Å². The molecular formula is C20H21N3O3. The van der Waals surface area contributed by atoms with Gasteiger partial charge >= 0.3 is 0 Å². The van der Waals surface area contributed by atoms with Crippen LogP contribution in [0, 0.1) is 0 Å². The second-order valence-corrected chi connectivity index (χ2v) is 5.84. The number of fused-ring (bicyclic) bond motifs is 1. The van der Waals surface area contributed by atoms with E-state index in [0.29, 0.717) is 36.7 Å². The fraction of sp³-hybridized carbons (Fsp3) is 0.300. The molecule has 26 heavy (non-hydrogen) atoms. The fourth-order valence-electron chi connectivity index (χ4n) is 2.88. The number of hydrogen-bond acceptors (Lipinski definition) is 5. The van der Waals surface area contributed by atoms with Crippen molar-refractivity contribution in [3.63, 3.8) is 0 Å². The third kappa shape index (κ3) is 3.70. The van der Waals surface area contributed by atoms with Crippen LogP contribution in [0.15, 0.2) is 53.7 Å². The first kappa shape index (κ1) is 17.9. The molecule has 2 amide bonds. The minimum Gasteiger partial charge on any atom is -0.382 e. The van der Waals surface area contributed by atoms with Crippen molar-refractivity contribution in [1.82, 2.24) is 4.98 Å². The van der Waals surface area contributed by atoms with Crippen molar-refractivity contribution in [2.45, 2.75) is 19.3 Å². The predicted molar refractivity (Wildman–Crippen MR) is 99.7 cm³/mol. The standard InChI is InChI=1S/C20H21N3O3/c1-2-26-13-7-11-21-14-17-15-8-3-4-9-16(15)19(24)23(20(17)25)18-10-5-6-12-22-18/h3-6,8-10,12,14,17H,2,7,11,13H2,1H3. The van der Waals surface area contributed by atoms with Gasteiger partial charge in [0.1, 0.15) is 5.82 Å². The third-order valence-corrected chi connectivity index (χ3v) is 4.13. The van der Waals surface area contributed by atoms with Crippen LogP contribution in [0.4, 0.5) is 5.82 Å². The van der Waals surface area contributed by atoms with E-state index in [0.717, 1.165) is 11.3 Å². The normalized spacial score (nSPS) is 17.0. The van der Waals surface area contributed by atoms with E-state index in [1.54, 1.807) is 48.8 Å². The van der Waals surface area contributed by atoms with Gasteiger partial charge in [-0.05, 0) is 37.1 Å². The number of amides is 2. The summed E-state index contributed by atoms with van der Waals surface area (Å²) in [5.41, 5.74) is 1.19. The lowest BCUT2D eigenvalue weighted by atomic mass is 9.89. The molecule has 0 radical (unpaired) electrons. The van der Waals surface area contributed by atoms with Crippen LogP contribution in [-0.2, 0) is 9.53 Å². The first-order valence-corrected chi connectivity index (χ1v) is 8.70. The van der Waals surface area contributed by atoms with Gasteiger partial charge in [0.15, 0.2) is 0 Å². The van der Waals surface area contributed by atoms with Crippen molar-refractivity contribution in [3.05, 3.63) is 59.8 Å². The lowest BCUT2D eigenvalue weighted by Crippen LogP contribution is -2.45. The zero-order valence-corrected chi connectivity index (χ0v) is 14.7. The van der Waals surface area contributed by atoms with Crippen molar-refractivity contribution in [2.24, 2.45) is 4.99 Å². The van der Waals surface area contributed by atoms with Gasteiger partial charge in [-0.3, -0.25) is 14.6 Å². The minimum atomic E-state index is -0.599. The molecule has 1 atom stereocenters. The van der Waals surface area contributed by atoms with Crippen LogP contribution in [0.25, 0.3) is 0 Å². The summed E-state index contributed by atoms with van der Waals surface area (Å²) in [7, 11) is 0. The highest BCUT2D eigenvalue weighted by Crippen LogP contribution is 2.30. The largest absolute Gasteiger partial charge is 0.382 e. The maximum absolute atomic E-state index is 13.0. The Labute approximate surface area is 152 Å². The number of aliphatic imine (C=N–C) groups is 1. The number of hydrogen-bond donors (Lipinski definition) is 0. The first-order chi connectivity index (χ1) is 12.7. The number of pyridine rings is 1. The Hall–Kier alpha value is -2.86. The second-order valence-electron chi connectivity index (χ2n) is 5.84. The Balaban J connectivity index is 1.88. The monoisotopic (exact) mass is 351 g/mol. The van der Waals surface area contributed by atoms with Gasteiger partial charge in [-0.15, -0.1) is 0 Å². The van der Waals surface area contributed by atoms with Crippen LogP contribution >= 0.6 is 0 Å². The highest BCUT2D eigenvalue weighted by Gasteiger charge is 2.39. The number of anilines is 1. The third-order valence-electron chi connectivity index (χ3n) is 4.13. The van der Waals surface area contributed by atoms with Crippen LogP contribution in [0.5, 0.6) is 0 Å². The molecular weight excluding hydrogens is 330 g/mol. The molecule has 0 N–H and O–H groups in total. The molecule has 6 nitrogen and oxygen atoms in total. The van der Waals surface area contributed by atoms with E-state index >= 15 is 0 Å². The predicted octanol–water partition coefficient (Wildman–Crippen LogP) is 2.85. The zero-order chi connectivity index (χ0) is 18.4. The van der Waals surface area contributed by atoms with E-state index in [4.69, 9.17) is 4.74 Å². The Morgan fingerprint density at radius 1 is 1.19 bits per heavy atom. The SMILES string of the molecule is CCOCCCN=CC1C(=O)N(c2ccccn2)C(=O)c2ccccc21. The van der Waals surface area contributed by atoms with Crippen LogP contribution in [0.3, 0.4) is 0 Å². The molecule has 1 aliphatic rings. The Morgan fingerprint density at radius 3 is 2.77 bits per heavy atom. The number of carbonyl (C=O) groups is 2. The highest BCUT2D eigenvalue weighted by molar-refractivity contribution is 6.28. The Kier molecular flexibility index (Phi) is 5.86. The average molecular weight is 351 g/mol. The second kappa shape index (κ2) is 8.49. The van der Waals surface area contributed by atoms with Crippen molar-refractivity contribution < 1.29 is 14.3 Å². The minimum absolute atomic E-state index is 0.326. The van der Waals surface area contributed by atoms with Crippen LogP contribution in [0.1, 0.15) is 35.2 Å². The summed E-state index contributed by atoms with van der Waals surface area (Å²) in [5.74, 6) is -0.962. The molecule has 0 fully saturated rings. The number of benzene rings is 1. The van der Waals surface area contributed by atoms with Crippen LogP contribution in [-0.4, -0.2) is 42.8 Å². The van der Waals surface area contributed by atoms with E-state index in [2.05, 4.69) is 9.98 Å². The summed E-state index contributed by atoms with van der Waals surface area (Å²) in [6, 6.07) is 12.3. The summed E-state index contributed by atoms with van der Waals surface area (Å²) in [5, 5.41) is 0. The fourth-order valence-corrected chi connectivity index (χ4v) is 2.88. The number of imide groups is 1. The molecule has 134 valence electrons. The molecule has 0 spiro atoms. The molecule has 1 aromatic heterocycles. The van der Waals surface area contributed by atoms with E-state index in [1.807, 2.05) is 13.0 Å². The number of ether oxygens (including phenoxy) is 1. The lowest BCUT2D eigenvalue weighted by molar-refractivity contribution is -0.118.